The SMILES string of the molecule is C=CCn1nnnc1C(=O)CN(Cc1ccc(-c2cc(Cl)ccc2F)cc1)C[C@@H](O)C=O. The lowest BCUT2D eigenvalue weighted by atomic mass is 10.0. The lowest BCUT2D eigenvalue weighted by Gasteiger charge is -2.22. The number of benzene rings is 2. The molecule has 3 rings (SSSR count). The number of aliphatic hydroxyl groups is 1. The molecule has 0 aliphatic rings. The van der Waals surface area contributed by atoms with Crippen molar-refractivity contribution in [2.75, 3.05) is 13.1 Å². The van der Waals surface area contributed by atoms with Crippen LogP contribution in [0.3, 0.4) is 0 Å². The molecule has 3 aromatic rings. The molecule has 0 radical (unpaired) electrons. The Bertz CT molecular complexity index is 1100. The van der Waals surface area contributed by atoms with E-state index in [0.717, 1.165) is 5.56 Å². The van der Waals surface area contributed by atoms with E-state index in [1.165, 1.54) is 16.8 Å². The second-order valence-electron chi connectivity index (χ2n) is 7.09. The van der Waals surface area contributed by atoms with Gasteiger partial charge in [0.1, 0.15) is 18.2 Å². The molecule has 0 spiro atoms. The van der Waals surface area contributed by atoms with Gasteiger partial charge in [0, 0.05) is 23.7 Å². The molecule has 0 aliphatic heterocycles. The van der Waals surface area contributed by atoms with E-state index < -0.39 is 6.10 Å². The Labute approximate surface area is 188 Å². The van der Waals surface area contributed by atoms with E-state index in [1.54, 1.807) is 41.3 Å². The Morgan fingerprint density at radius 3 is 2.72 bits per heavy atom. The zero-order valence-corrected chi connectivity index (χ0v) is 17.8. The number of aliphatic hydroxyl groups excluding tert-OH is 1. The zero-order valence-electron chi connectivity index (χ0n) is 17.1. The summed E-state index contributed by atoms with van der Waals surface area (Å²) in [4.78, 5) is 25.3. The number of carbonyl (C=O) groups excluding carboxylic acids is 2. The molecule has 1 aromatic heterocycles. The second kappa shape index (κ2) is 10.9. The molecule has 10 heteroatoms. The van der Waals surface area contributed by atoms with Crippen molar-refractivity contribution in [3.8, 4) is 11.1 Å². The van der Waals surface area contributed by atoms with Gasteiger partial charge in [0.15, 0.2) is 0 Å². The topological polar surface area (TPSA) is 101 Å². The minimum atomic E-state index is -1.26. The Morgan fingerprint density at radius 2 is 2.03 bits per heavy atom. The van der Waals surface area contributed by atoms with Crippen LogP contribution < -0.4 is 0 Å². The molecule has 2 aromatic carbocycles. The van der Waals surface area contributed by atoms with E-state index in [4.69, 9.17) is 11.6 Å². The summed E-state index contributed by atoms with van der Waals surface area (Å²) in [5.41, 5.74) is 1.82. The number of hydrogen-bond donors (Lipinski definition) is 1. The predicted molar refractivity (Wildman–Crippen MR) is 117 cm³/mol. The number of carbonyl (C=O) groups is 2. The molecule has 1 heterocycles. The van der Waals surface area contributed by atoms with Crippen molar-refractivity contribution >= 4 is 23.7 Å². The van der Waals surface area contributed by atoms with E-state index >= 15 is 0 Å². The minimum absolute atomic E-state index is 0.0526. The van der Waals surface area contributed by atoms with Gasteiger partial charge in [0.25, 0.3) is 0 Å². The van der Waals surface area contributed by atoms with Crippen molar-refractivity contribution in [3.05, 3.63) is 77.3 Å². The van der Waals surface area contributed by atoms with Gasteiger partial charge in [0.05, 0.1) is 13.1 Å². The minimum Gasteiger partial charge on any atom is -0.384 e. The van der Waals surface area contributed by atoms with Crippen molar-refractivity contribution in [1.82, 2.24) is 25.1 Å². The van der Waals surface area contributed by atoms with Crippen LogP contribution in [-0.4, -0.2) is 61.5 Å². The molecular formula is C22H21ClFN5O3. The van der Waals surface area contributed by atoms with Crippen LogP contribution in [0.15, 0.2) is 55.1 Å². The molecule has 8 nitrogen and oxygen atoms in total. The maximum absolute atomic E-state index is 14.1. The first kappa shape index (κ1) is 23.4. The maximum Gasteiger partial charge on any atom is 0.219 e. The highest BCUT2D eigenvalue weighted by atomic mass is 35.5. The van der Waals surface area contributed by atoms with Crippen LogP contribution >= 0.6 is 11.6 Å². The van der Waals surface area contributed by atoms with Crippen molar-refractivity contribution in [1.29, 1.82) is 0 Å². The second-order valence-corrected chi connectivity index (χ2v) is 7.53. The van der Waals surface area contributed by atoms with E-state index in [0.29, 0.717) is 22.4 Å². The highest BCUT2D eigenvalue weighted by Gasteiger charge is 2.21. The molecule has 32 heavy (non-hydrogen) atoms. The molecule has 1 atom stereocenters. The average Bonchev–Trinajstić information content (AvgIpc) is 3.24. The standard InChI is InChI=1S/C22H21ClFN5O3/c1-2-9-29-22(25-26-27-29)21(32)13-28(12-18(31)14-30)11-15-3-5-16(6-4-15)19-10-17(23)7-8-20(19)24/h2-8,10,14,18,31H,1,9,11-13H2/t18-/m1/s1. The molecule has 0 bridgehead atoms. The number of rotatable bonds is 11. The van der Waals surface area contributed by atoms with Crippen LogP contribution in [0.25, 0.3) is 11.1 Å². The monoisotopic (exact) mass is 457 g/mol. The third-order valence-corrected chi connectivity index (χ3v) is 4.89. The van der Waals surface area contributed by atoms with Crippen LogP contribution in [-0.2, 0) is 17.9 Å². The predicted octanol–water partition coefficient (Wildman–Crippen LogP) is 2.56. The molecule has 0 saturated heterocycles. The van der Waals surface area contributed by atoms with Gasteiger partial charge in [-0.15, -0.1) is 11.7 Å². The molecule has 1 N–H and O–H groups in total. The van der Waals surface area contributed by atoms with E-state index in [1.807, 2.05) is 0 Å². The Hall–Kier alpha value is -3.27. The van der Waals surface area contributed by atoms with Gasteiger partial charge in [-0.1, -0.05) is 41.9 Å². The Morgan fingerprint density at radius 1 is 1.28 bits per heavy atom. The van der Waals surface area contributed by atoms with Crippen molar-refractivity contribution in [2.24, 2.45) is 0 Å². The molecular weight excluding hydrogens is 437 g/mol. The fourth-order valence-electron chi connectivity index (χ4n) is 3.18. The maximum atomic E-state index is 14.1. The number of aldehydes is 1. The highest BCUT2D eigenvalue weighted by Crippen LogP contribution is 2.26. The smallest absolute Gasteiger partial charge is 0.219 e. The number of halogens is 2. The molecule has 0 amide bonds. The molecule has 0 fully saturated rings. The Balaban J connectivity index is 1.77. The lowest BCUT2D eigenvalue weighted by Crippen LogP contribution is -2.37. The number of allylic oxidation sites excluding steroid dienone is 1. The third kappa shape index (κ3) is 5.91. The number of Topliss-reactive ketones (excluding diaryl/α,β-unsaturated/α-hetero) is 1. The van der Waals surface area contributed by atoms with Crippen LogP contribution in [0.1, 0.15) is 16.2 Å². The highest BCUT2D eigenvalue weighted by molar-refractivity contribution is 6.30. The van der Waals surface area contributed by atoms with Gasteiger partial charge in [-0.3, -0.25) is 9.69 Å². The van der Waals surface area contributed by atoms with Crippen LogP contribution in [0.4, 0.5) is 4.39 Å². The first-order valence-electron chi connectivity index (χ1n) is 9.71. The number of ketones is 1. The number of tetrazole rings is 1. The summed E-state index contributed by atoms with van der Waals surface area (Å²) in [6, 6.07) is 11.4. The Kier molecular flexibility index (Phi) is 7.93. The van der Waals surface area contributed by atoms with Crippen LogP contribution in [0, 0.1) is 5.82 Å². The number of nitrogens with zero attached hydrogens (tertiary/aromatic N) is 5. The summed E-state index contributed by atoms with van der Waals surface area (Å²) in [5.74, 6) is -0.699. The van der Waals surface area contributed by atoms with Gasteiger partial charge in [-0.25, -0.2) is 9.07 Å². The molecule has 0 saturated carbocycles. The summed E-state index contributed by atoms with van der Waals surface area (Å²) in [7, 11) is 0. The van der Waals surface area contributed by atoms with Crippen LogP contribution in [0.5, 0.6) is 0 Å². The first-order chi connectivity index (χ1) is 15.4. The van der Waals surface area contributed by atoms with Crippen molar-refractivity contribution < 1.29 is 19.1 Å². The summed E-state index contributed by atoms with van der Waals surface area (Å²) < 4.78 is 15.4. The molecule has 0 unspecified atom stereocenters. The van der Waals surface area contributed by atoms with Gasteiger partial charge in [-0.2, -0.15) is 0 Å². The summed E-state index contributed by atoms with van der Waals surface area (Å²) in [6.45, 7) is 3.96. The average molecular weight is 458 g/mol. The van der Waals surface area contributed by atoms with Crippen LogP contribution in [0.2, 0.25) is 5.02 Å². The normalized spacial score (nSPS) is 12.0. The summed E-state index contributed by atoms with van der Waals surface area (Å²) in [5, 5.41) is 21.2. The fraction of sp³-hybridized carbons (Fsp3) is 0.227. The summed E-state index contributed by atoms with van der Waals surface area (Å²) in [6.07, 6.45) is 0.710. The molecule has 0 aliphatic carbocycles. The lowest BCUT2D eigenvalue weighted by molar-refractivity contribution is -0.115. The van der Waals surface area contributed by atoms with Crippen molar-refractivity contribution in [3.63, 3.8) is 0 Å². The number of aromatic nitrogens is 4. The van der Waals surface area contributed by atoms with Gasteiger partial charge in [0.2, 0.25) is 11.6 Å². The summed E-state index contributed by atoms with van der Waals surface area (Å²) >= 11 is 5.97. The zero-order chi connectivity index (χ0) is 23.1. The van der Waals surface area contributed by atoms with E-state index in [9.17, 15) is 19.1 Å². The first-order valence-corrected chi connectivity index (χ1v) is 10.1. The third-order valence-electron chi connectivity index (χ3n) is 4.65. The van der Waals surface area contributed by atoms with E-state index in [-0.39, 0.29) is 43.6 Å². The van der Waals surface area contributed by atoms with Gasteiger partial charge < -0.3 is 9.90 Å². The quantitative estimate of drug-likeness (QED) is 0.268. The largest absolute Gasteiger partial charge is 0.384 e. The number of hydrogen-bond acceptors (Lipinski definition) is 7. The van der Waals surface area contributed by atoms with E-state index in [2.05, 4.69) is 22.1 Å². The van der Waals surface area contributed by atoms with Gasteiger partial charge in [-0.05, 0) is 39.8 Å². The molecule has 166 valence electrons. The van der Waals surface area contributed by atoms with Gasteiger partial charge >= 0.3 is 0 Å². The van der Waals surface area contributed by atoms with Crippen molar-refractivity contribution in [2.45, 2.75) is 19.2 Å². The fourth-order valence-corrected chi connectivity index (χ4v) is 3.35.